The summed E-state index contributed by atoms with van der Waals surface area (Å²) in [6, 6.07) is 0. The van der Waals surface area contributed by atoms with Crippen LogP contribution in [-0.4, -0.2) is 46.3 Å². The third-order valence-corrected chi connectivity index (χ3v) is 0.322. The molecule has 3 nitrogen and oxygen atoms in total. The Labute approximate surface area is 57.8 Å². The van der Waals surface area contributed by atoms with Crippen molar-refractivity contribution in [2.45, 2.75) is 0 Å². The lowest BCUT2D eigenvalue weighted by atomic mass is 10.7. The molecule has 0 atom stereocenters. The lowest BCUT2D eigenvalue weighted by molar-refractivity contribution is 0.207. The van der Waals surface area contributed by atoms with Gasteiger partial charge in [-0.05, 0) is 21.1 Å². The summed E-state index contributed by atoms with van der Waals surface area (Å²) in [6.07, 6.45) is 0. The average molecular weight is 134 g/mol. The molecule has 2 N–H and O–H groups in total. The van der Waals surface area contributed by atoms with Crippen LogP contribution in [0.1, 0.15) is 0 Å². The van der Waals surface area contributed by atoms with Gasteiger partial charge in [0.05, 0.1) is 6.61 Å². The third kappa shape index (κ3) is 77.1. The molecule has 0 amide bonds. The fourth-order valence-corrected chi connectivity index (χ4v) is 0.118. The first-order valence-corrected chi connectivity index (χ1v) is 2.95. The molecule has 0 aliphatic heterocycles. The van der Waals surface area contributed by atoms with Crippen LogP contribution in [0.3, 0.4) is 0 Å². The maximum Gasteiger partial charge on any atom is 0.0584 e. The van der Waals surface area contributed by atoms with Crippen LogP contribution in [-0.2, 0) is 4.74 Å². The number of hydrogen-bond acceptors (Lipinski definition) is 3. The molecule has 9 heavy (non-hydrogen) atoms. The maximum atomic E-state index is 5.01. The summed E-state index contributed by atoms with van der Waals surface area (Å²) in [7, 11) is 7.63. The molecule has 0 aromatic heterocycles. The van der Waals surface area contributed by atoms with Gasteiger partial charge < -0.3 is 15.4 Å². The van der Waals surface area contributed by atoms with Gasteiger partial charge in [0.15, 0.2) is 0 Å². The molecule has 0 bridgehead atoms. The smallest absolute Gasteiger partial charge is 0.0584 e. The zero-order valence-electron chi connectivity index (χ0n) is 6.85. The first-order valence-electron chi connectivity index (χ1n) is 2.95. The number of ether oxygens (including phenoxy) is 1. The van der Waals surface area contributed by atoms with Gasteiger partial charge in [-0.2, -0.15) is 0 Å². The van der Waals surface area contributed by atoms with Gasteiger partial charge in [-0.1, -0.05) is 0 Å². The van der Waals surface area contributed by atoms with Gasteiger partial charge in [-0.3, -0.25) is 0 Å². The van der Waals surface area contributed by atoms with Gasteiger partial charge in [-0.15, -0.1) is 0 Å². The van der Waals surface area contributed by atoms with Crippen LogP contribution in [0.2, 0.25) is 0 Å². The van der Waals surface area contributed by atoms with E-state index < -0.39 is 0 Å². The van der Waals surface area contributed by atoms with Crippen molar-refractivity contribution in [3.63, 3.8) is 0 Å². The molecule has 0 aromatic carbocycles. The quantitative estimate of drug-likeness (QED) is 0.567. The molecule has 0 aliphatic carbocycles. The Hall–Kier alpha value is -0.120. The van der Waals surface area contributed by atoms with E-state index in [0.29, 0.717) is 13.2 Å². The van der Waals surface area contributed by atoms with E-state index in [0.717, 1.165) is 0 Å². The molecule has 0 spiro atoms. The molecule has 0 unspecified atom stereocenters. The van der Waals surface area contributed by atoms with E-state index in [1.165, 1.54) is 0 Å². The van der Waals surface area contributed by atoms with E-state index >= 15 is 0 Å². The highest BCUT2D eigenvalue weighted by Crippen LogP contribution is 1.53. The molecular formula is C6H18N2O. The summed E-state index contributed by atoms with van der Waals surface area (Å²) >= 11 is 0. The zero-order chi connectivity index (χ0) is 7.70. The van der Waals surface area contributed by atoms with E-state index in [9.17, 15) is 0 Å². The summed E-state index contributed by atoms with van der Waals surface area (Å²) in [4.78, 5) is 2.00. The molecule has 58 valence electrons. The fourth-order valence-electron chi connectivity index (χ4n) is 0.118. The minimum Gasteiger partial charge on any atom is -0.383 e. The van der Waals surface area contributed by atoms with Crippen molar-refractivity contribution in [2.24, 2.45) is 5.73 Å². The van der Waals surface area contributed by atoms with Gasteiger partial charge >= 0.3 is 0 Å². The number of hydrogen-bond donors (Lipinski definition) is 1. The van der Waals surface area contributed by atoms with E-state index in [1.807, 2.05) is 26.0 Å². The van der Waals surface area contributed by atoms with Crippen molar-refractivity contribution in [1.82, 2.24) is 4.90 Å². The Balaban J connectivity index is 0. The first-order chi connectivity index (χ1) is 4.15. The van der Waals surface area contributed by atoms with E-state index in [2.05, 4.69) is 4.74 Å². The highest BCUT2D eigenvalue weighted by atomic mass is 16.5. The SMILES string of the molecule is CN(C)C.COCCN. The molecular weight excluding hydrogens is 116 g/mol. The summed E-state index contributed by atoms with van der Waals surface area (Å²) in [5, 5.41) is 0. The number of rotatable bonds is 2. The van der Waals surface area contributed by atoms with Crippen LogP contribution in [0, 0.1) is 0 Å². The standard InChI is InChI=1S/C3H9NO.C3H9N/c1-5-3-2-4;1-4(2)3/h2-4H2,1H3;1-3H3. The van der Waals surface area contributed by atoms with Crippen molar-refractivity contribution >= 4 is 0 Å². The van der Waals surface area contributed by atoms with Gasteiger partial charge in [-0.25, -0.2) is 0 Å². The first kappa shape index (κ1) is 11.6. The minimum absolute atomic E-state index is 0.622. The van der Waals surface area contributed by atoms with E-state index in [4.69, 9.17) is 5.73 Å². The van der Waals surface area contributed by atoms with Crippen molar-refractivity contribution in [3.8, 4) is 0 Å². The predicted octanol–water partition coefficient (Wildman–Crippen LogP) is -0.231. The Bertz CT molecular complexity index is 35.3. The normalized spacial score (nSPS) is 8.67. The zero-order valence-corrected chi connectivity index (χ0v) is 6.85. The second-order valence-electron chi connectivity index (χ2n) is 2.12. The van der Waals surface area contributed by atoms with Crippen molar-refractivity contribution in [2.75, 3.05) is 41.4 Å². The second-order valence-corrected chi connectivity index (χ2v) is 2.12. The van der Waals surface area contributed by atoms with Crippen molar-refractivity contribution in [1.29, 1.82) is 0 Å². The second kappa shape index (κ2) is 10.8. The van der Waals surface area contributed by atoms with Crippen LogP contribution in [0.25, 0.3) is 0 Å². The summed E-state index contributed by atoms with van der Waals surface area (Å²) in [5.41, 5.74) is 5.01. The molecule has 3 heteroatoms. The topological polar surface area (TPSA) is 38.5 Å². The molecule has 0 rings (SSSR count). The van der Waals surface area contributed by atoms with E-state index in [1.54, 1.807) is 7.11 Å². The summed E-state index contributed by atoms with van der Waals surface area (Å²) < 4.78 is 4.57. The molecule has 0 radical (unpaired) electrons. The van der Waals surface area contributed by atoms with Gasteiger partial charge in [0, 0.05) is 13.7 Å². The Morgan fingerprint density at radius 2 is 1.67 bits per heavy atom. The molecule has 0 saturated carbocycles. The van der Waals surface area contributed by atoms with Crippen LogP contribution in [0.15, 0.2) is 0 Å². The molecule has 0 saturated heterocycles. The highest BCUT2D eigenvalue weighted by Gasteiger charge is 1.65. The molecule has 0 aromatic rings. The number of nitrogens with zero attached hydrogens (tertiary/aromatic N) is 1. The Kier molecular flexibility index (Phi) is 14.0. The van der Waals surface area contributed by atoms with Gasteiger partial charge in [0.1, 0.15) is 0 Å². The van der Waals surface area contributed by atoms with Crippen LogP contribution in [0.5, 0.6) is 0 Å². The molecule has 0 aliphatic rings. The Morgan fingerprint density at radius 3 is 1.67 bits per heavy atom. The maximum absolute atomic E-state index is 5.01. The summed E-state index contributed by atoms with van der Waals surface area (Å²) in [6.45, 7) is 1.29. The molecule has 0 fully saturated rings. The third-order valence-electron chi connectivity index (χ3n) is 0.322. The average Bonchev–Trinajstić information content (AvgIpc) is 1.66. The number of methoxy groups -OCH3 is 1. The Morgan fingerprint density at radius 1 is 1.33 bits per heavy atom. The minimum atomic E-state index is 0.622. The highest BCUT2D eigenvalue weighted by molar-refractivity contribution is 4.22. The predicted molar refractivity (Wildman–Crippen MR) is 40.5 cm³/mol. The number of nitrogens with two attached hydrogens (primary N) is 1. The molecule has 0 heterocycles. The largest absolute Gasteiger partial charge is 0.383 e. The van der Waals surface area contributed by atoms with Crippen LogP contribution >= 0.6 is 0 Å². The lowest BCUT2D eigenvalue weighted by Crippen LogP contribution is -2.05. The van der Waals surface area contributed by atoms with Crippen LogP contribution < -0.4 is 5.73 Å². The van der Waals surface area contributed by atoms with Gasteiger partial charge in [0.2, 0.25) is 0 Å². The van der Waals surface area contributed by atoms with Crippen molar-refractivity contribution in [3.05, 3.63) is 0 Å². The summed E-state index contributed by atoms with van der Waals surface area (Å²) in [5.74, 6) is 0. The van der Waals surface area contributed by atoms with Gasteiger partial charge in [0.25, 0.3) is 0 Å². The van der Waals surface area contributed by atoms with Crippen molar-refractivity contribution < 1.29 is 4.74 Å². The fraction of sp³-hybridized carbons (Fsp3) is 1.00. The van der Waals surface area contributed by atoms with E-state index in [-0.39, 0.29) is 0 Å². The van der Waals surface area contributed by atoms with Crippen LogP contribution in [0.4, 0.5) is 0 Å². The lowest BCUT2D eigenvalue weighted by Gasteiger charge is -1.90. The monoisotopic (exact) mass is 134 g/mol.